The van der Waals surface area contributed by atoms with Crippen molar-refractivity contribution < 1.29 is 13.5 Å². The van der Waals surface area contributed by atoms with E-state index < -0.39 is 11.6 Å². The fraction of sp³-hybridized carbons (Fsp3) is 0.538. The first kappa shape index (κ1) is 14.1. The topological polar surface area (TPSA) is 21.3 Å². The Balaban J connectivity index is 2.77. The molecule has 0 aliphatic rings. The standard InChI is InChI=1S/C13H19F2NO/c1-4-16-13(8-17-9(2)3)10-5-6-11(14)12(15)7-10/h5-7,9,13,16H,4,8H2,1-3H3. The van der Waals surface area contributed by atoms with Crippen LogP contribution in [0.15, 0.2) is 18.2 Å². The van der Waals surface area contributed by atoms with E-state index in [4.69, 9.17) is 4.74 Å². The summed E-state index contributed by atoms with van der Waals surface area (Å²) in [5.41, 5.74) is 0.700. The van der Waals surface area contributed by atoms with E-state index in [0.717, 1.165) is 12.6 Å². The summed E-state index contributed by atoms with van der Waals surface area (Å²) in [6, 6.07) is 3.82. The van der Waals surface area contributed by atoms with Crippen LogP contribution in [0.25, 0.3) is 0 Å². The Bertz CT molecular complexity index is 355. The van der Waals surface area contributed by atoms with Gasteiger partial charge in [-0.15, -0.1) is 0 Å². The zero-order valence-corrected chi connectivity index (χ0v) is 10.5. The zero-order valence-electron chi connectivity index (χ0n) is 10.5. The lowest BCUT2D eigenvalue weighted by atomic mass is 10.1. The lowest BCUT2D eigenvalue weighted by Crippen LogP contribution is -2.26. The summed E-state index contributed by atoms with van der Waals surface area (Å²) in [7, 11) is 0. The van der Waals surface area contributed by atoms with Gasteiger partial charge in [-0.3, -0.25) is 0 Å². The van der Waals surface area contributed by atoms with Crippen LogP contribution in [0, 0.1) is 11.6 Å². The van der Waals surface area contributed by atoms with Crippen LogP contribution in [0.5, 0.6) is 0 Å². The van der Waals surface area contributed by atoms with Crippen molar-refractivity contribution in [3.05, 3.63) is 35.4 Å². The molecule has 0 fully saturated rings. The van der Waals surface area contributed by atoms with Crippen LogP contribution in [-0.4, -0.2) is 19.3 Å². The van der Waals surface area contributed by atoms with Gasteiger partial charge >= 0.3 is 0 Å². The quantitative estimate of drug-likeness (QED) is 0.829. The minimum Gasteiger partial charge on any atom is -0.377 e. The molecule has 0 heterocycles. The minimum absolute atomic E-state index is 0.112. The molecule has 0 bridgehead atoms. The van der Waals surface area contributed by atoms with E-state index in [1.165, 1.54) is 6.07 Å². The third-order valence-corrected chi connectivity index (χ3v) is 2.39. The molecule has 0 radical (unpaired) electrons. The van der Waals surface area contributed by atoms with Crippen LogP contribution in [-0.2, 0) is 4.74 Å². The minimum atomic E-state index is -0.825. The predicted molar refractivity (Wildman–Crippen MR) is 63.9 cm³/mol. The largest absolute Gasteiger partial charge is 0.377 e. The molecular formula is C13H19F2NO. The second kappa shape index (κ2) is 6.67. The lowest BCUT2D eigenvalue weighted by Gasteiger charge is -2.20. The molecule has 4 heteroatoms. The average Bonchev–Trinajstić information content (AvgIpc) is 2.28. The highest BCUT2D eigenvalue weighted by Crippen LogP contribution is 2.17. The summed E-state index contributed by atoms with van der Waals surface area (Å²) in [6.07, 6.45) is 0.112. The number of hydrogen-bond donors (Lipinski definition) is 1. The molecule has 17 heavy (non-hydrogen) atoms. The van der Waals surface area contributed by atoms with Crippen LogP contribution in [0.4, 0.5) is 8.78 Å². The van der Waals surface area contributed by atoms with Gasteiger partial charge in [-0.25, -0.2) is 8.78 Å². The summed E-state index contributed by atoms with van der Waals surface area (Å²) in [6.45, 7) is 7.02. The van der Waals surface area contributed by atoms with E-state index in [0.29, 0.717) is 12.2 Å². The van der Waals surface area contributed by atoms with E-state index in [1.807, 2.05) is 20.8 Å². The van der Waals surface area contributed by atoms with Gasteiger partial charge in [0.05, 0.1) is 18.8 Å². The highest BCUT2D eigenvalue weighted by atomic mass is 19.2. The first-order valence-corrected chi connectivity index (χ1v) is 5.84. The Kier molecular flexibility index (Phi) is 5.51. The van der Waals surface area contributed by atoms with Gasteiger partial charge in [0, 0.05) is 0 Å². The van der Waals surface area contributed by atoms with E-state index >= 15 is 0 Å². The van der Waals surface area contributed by atoms with Gasteiger partial charge in [-0.1, -0.05) is 13.0 Å². The predicted octanol–water partition coefficient (Wildman–Crippen LogP) is 3.04. The molecule has 0 aliphatic heterocycles. The normalized spacial score (nSPS) is 13.1. The maximum Gasteiger partial charge on any atom is 0.159 e. The van der Waals surface area contributed by atoms with Crippen LogP contribution < -0.4 is 5.32 Å². The van der Waals surface area contributed by atoms with Gasteiger partial charge in [0.15, 0.2) is 11.6 Å². The Hall–Kier alpha value is -1.00. The Morgan fingerprint density at radius 1 is 1.24 bits per heavy atom. The van der Waals surface area contributed by atoms with Gasteiger partial charge in [0.2, 0.25) is 0 Å². The number of likely N-dealkylation sites (N-methyl/N-ethyl adjacent to an activating group) is 1. The van der Waals surface area contributed by atoms with Crippen molar-refractivity contribution in [2.45, 2.75) is 32.9 Å². The fourth-order valence-corrected chi connectivity index (χ4v) is 1.54. The van der Waals surface area contributed by atoms with Crippen molar-refractivity contribution in [2.75, 3.05) is 13.2 Å². The van der Waals surface area contributed by atoms with Crippen LogP contribution >= 0.6 is 0 Å². The van der Waals surface area contributed by atoms with E-state index in [2.05, 4.69) is 5.32 Å². The van der Waals surface area contributed by atoms with E-state index in [9.17, 15) is 8.78 Å². The smallest absolute Gasteiger partial charge is 0.159 e. The number of nitrogens with one attached hydrogen (secondary N) is 1. The van der Waals surface area contributed by atoms with Gasteiger partial charge in [-0.05, 0) is 38.1 Å². The van der Waals surface area contributed by atoms with E-state index in [-0.39, 0.29) is 12.1 Å². The first-order valence-electron chi connectivity index (χ1n) is 5.84. The molecule has 1 unspecified atom stereocenters. The summed E-state index contributed by atoms with van der Waals surface area (Å²) in [4.78, 5) is 0. The van der Waals surface area contributed by atoms with Gasteiger partial charge in [-0.2, -0.15) is 0 Å². The van der Waals surface area contributed by atoms with Gasteiger partial charge in [0.25, 0.3) is 0 Å². The van der Waals surface area contributed by atoms with Crippen LogP contribution in [0.1, 0.15) is 32.4 Å². The Morgan fingerprint density at radius 2 is 1.94 bits per heavy atom. The number of ether oxygens (including phenoxy) is 1. The van der Waals surface area contributed by atoms with Crippen molar-refractivity contribution in [1.82, 2.24) is 5.32 Å². The van der Waals surface area contributed by atoms with Gasteiger partial charge < -0.3 is 10.1 Å². The Morgan fingerprint density at radius 3 is 2.47 bits per heavy atom. The monoisotopic (exact) mass is 243 g/mol. The molecule has 96 valence electrons. The SMILES string of the molecule is CCNC(COC(C)C)c1ccc(F)c(F)c1. The van der Waals surface area contributed by atoms with Crippen LogP contribution in [0.2, 0.25) is 0 Å². The molecule has 0 amide bonds. The second-order valence-electron chi connectivity index (χ2n) is 4.17. The lowest BCUT2D eigenvalue weighted by molar-refractivity contribution is 0.0613. The Labute approximate surface area is 101 Å². The average molecular weight is 243 g/mol. The van der Waals surface area contributed by atoms with Crippen molar-refractivity contribution in [3.8, 4) is 0 Å². The summed E-state index contributed by atoms with van der Waals surface area (Å²) >= 11 is 0. The van der Waals surface area contributed by atoms with Crippen LogP contribution in [0.3, 0.4) is 0 Å². The third-order valence-electron chi connectivity index (χ3n) is 2.39. The summed E-state index contributed by atoms with van der Waals surface area (Å²) in [5.74, 6) is -1.65. The number of halogens is 2. The molecule has 0 aliphatic carbocycles. The molecule has 2 nitrogen and oxygen atoms in total. The maximum absolute atomic E-state index is 13.1. The van der Waals surface area contributed by atoms with Crippen molar-refractivity contribution in [2.24, 2.45) is 0 Å². The summed E-state index contributed by atoms with van der Waals surface area (Å²) < 4.78 is 31.5. The molecular weight excluding hydrogens is 224 g/mol. The zero-order chi connectivity index (χ0) is 12.8. The highest BCUT2D eigenvalue weighted by Gasteiger charge is 2.13. The molecule has 1 rings (SSSR count). The molecule has 1 aromatic rings. The fourth-order valence-electron chi connectivity index (χ4n) is 1.54. The molecule has 1 atom stereocenters. The maximum atomic E-state index is 13.1. The molecule has 1 aromatic carbocycles. The molecule has 0 aromatic heterocycles. The third kappa shape index (κ3) is 4.40. The van der Waals surface area contributed by atoms with Crippen molar-refractivity contribution in [1.29, 1.82) is 0 Å². The molecule has 0 saturated carbocycles. The summed E-state index contributed by atoms with van der Waals surface area (Å²) in [5, 5.41) is 3.19. The molecule has 0 saturated heterocycles. The number of hydrogen-bond acceptors (Lipinski definition) is 2. The highest BCUT2D eigenvalue weighted by molar-refractivity contribution is 5.21. The first-order chi connectivity index (χ1) is 8.04. The second-order valence-corrected chi connectivity index (χ2v) is 4.17. The van der Waals surface area contributed by atoms with E-state index in [1.54, 1.807) is 6.07 Å². The van der Waals surface area contributed by atoms with Gasteiger partial charge in [0.1, 0.15) is 0 Å². The van der Waals surface area contributed by atoms with Crippen molar-refractivity contribution in [3.63, 3.8) is 0 Å². The van der Waals surface area contributed by atoms with Crippen molar-refractivity contribution >= 4 is 0 Å². The number of benzene rings is 1. The molecule has 0 spiro atoms. The number of rotatable bonds is 6. The molecule has 1 N–H and O–H groups in total.